The van der Waals surface area contributed by atoms with Crippen molar-refractivity contribution in [3.63, 3.8) is 0 Å². The number of carbonyl (C=O) groups is 1. The Labute approximate surface area is 153 Å². The molecule has 0 unspecified atom stereocenters. The van der Waals surface area contributed by atoms with Gasteiger partial charge in [0, 0.05) is 13.5 Å². The summed E-state index contributed by atoms with van der Waals surface area (Å²) in [6.07, 6.45) is 0.811. The summed E-state index contributed by atoms with van der Waals surface area (Å²) in [5.74, 6) is 1.85. The summed E-state index contributed by atoms with van der Waals surface area (Å²) < 4.78 is 8.38. The van der Waals surface area contributed by atoms with E-state index in [9.17, 15) is 4.79 Å². The summed E-state index contributed by atoms with van der Waals surface area (Å²) in [5, 5.41) is 12.3. The number of rotatable bonds is 7. The third-order valence-electron chi connectivity index (χ3n) is 3.49. The number of fused-ring (bicyclic) bond motifs is 1. The Morgan fingerprint density at radius 2 is 2.20 bits per heavy atom. The Bertz CT molecular complexity index is 890. The van der Waals surface area contributed by atoms with Gasteiger partial charge in [0.1, 0.15) is 11.6 Å². The van der Waals surface area contributed by atoms with E-state index in [0.29, 0.717) is 11.7 Å². The van der Waals surface area contributed by atoms with Crippen LogP contribution in [-0.2, 0) is 18.3 Å². The number of aromatic nitrogens is 4. The van der Waals surface area contributed by atoms with Crippen molar-refractivity contribution in [1.29, 1.82) is 0 Å². The second-order valence-corrected chi connectivity index (χ2v) is 7.20. The molecular formula is C16H19N5O2S2. The average Bonchev–Trinajstić information content (AvgIpc) is 3.15. The first-order valence-corrected chi connectivity index (χ1v) is 9.75. The van der Waals surface area contributed by atoms with Gasteiger partial charge in [-0.3, -0.25) is 4.79 Å². The number of ether oxygens (including phenoxy) is 1. The normalized spacial score (nSPS) is 11.0. The summed E-state index contributed by atoms with van der Waals surface area (Å²) in [7, 11) is 1.91. The molecule has 0 bridgehead atoms. The molecule has 25 heavy (non-hydrogen) atoms. The standard InChI is InChI=1S/C16H19N5O2S2/c1-4-13-19-20-16(21(13)3)24-9-14(22)18-15-17-11-7-6-10(23-5-2)8-12(11)25-15/h6-8H,4-5,9H2,1-3H3,(H,17,18,22). The highest BCUT2D eigenvalue weighted by Crippen LogP contribution is 2.29. The molecule has 1 aromatic carbocycles. The minimum Gasteiger partial charge on any atom is -0.494 e. The average molecular weight is 377 g/mol. The van der Waals surface area contributed by atoms with Crippen LogP contribution in [0.2, 0.25) is 0 Å². The fourth-order valence-electron chi connectivity index (χ4n) is 2.28. The van der Waals surface area contributed by atoms with Crippen LogP contribution >= 0.6 is 23.1 Å². The summed E-state index contributed by atoms with van der Waals surface area (Å²) in [4.78, 5) is 16.6. The van der Waals surface area contributed by atoms with Gasteiger partial charge in [0.25, 0.3) is 0 Å². The van der Waals surface area contributed by atoms with Gasteiger partial charge in [0.2, 0.25) is 5.91 Å². The molecule has 0 aliphatic rings. The Hall–Kier alpha value is -2.13. The Balaban J connectivity index is 1.62. The number of hydrogen-bond donors (Lipinski definition) is 1. The molecule has 2 aromatic heterocycles. The van der Waals surface area contributed by atoms with Crippen LogP contribution in [0.15, 0.2) is 23.4 Å². The van der Waals surface area contributed by atoms with Crippen LogP contribution in [0.3, 0.4) is 0 Å². The van der Waals surface area contributed by atoms with Gasteiger partial charge >= 0.3 is 0 Å². The second-order valence-electron chi connectivity index (χ2n) is 5.23. The van der Waals surface area contributed by atoms with Crippen LogP contribution in [0.4, 0.5) is 5.13 Å². The molecule has 132 valence electrons. The second kappa shape index (κ2) is 7.83. The van der Waals surface area contributed by atoms with Crippen LogP contribution in [-0.4, -0.2) is 38.0 Å². The number of thioether (sulfide) groups is 1. The van der Waals surface area contributed by atoms with Crippen molar-refractivity contribution < 1.29 is 9.53 Å². The molecule has 0 saturated carbocycles. The number of hydrogen-bond acceptors (Lipinski definition) is 7. The highest BCUT2D eigenvalue weighted by atomic mass is 32.2. The first-order chi connectivity index (χ1) is 12.1. The minimum absolute atomic E-state index is 0.116. The number of carbonyl (C=O) groups excluding carboxylic acids is 1. The Kier molecular flexibility index (Phi) is 5.54. The third-order valence-corrected chi connectivity index (χ3v) is 5.44. The summed E-state index contributed by atoms with van der Waals surface area (Å²) in [6, 6.07) is 5.71. The van der Waals surface area contributed by atoms with E-state index in [0.717, 1.165) is 33.4 Å². The van der Waals surface area contributed by atoms with Gasteiger partial charge in [-0.15, -0.1) is 10.2 Å². The highest BCUT2D eigenvalue weighted by molar-refractivity contribution is 7.99. The fraction of sp³-hybridized carbons (Fsp3) is 0.375. The lowest BCUT2D eigenvalue weighted by Crippen LogP contribution is -2.14. The smallest absolute Gasteiger partial charge is 0.236 e. The zero-order valence-electron chi connectivity index (χ0n) is 14.3. The summed E-state index contributed by atoms with van der Waals surface area (Å²) in [6.45, 7) is 4.59. The maximum Gasteiger partial charge on any atom is 0.236 e. The number of nitrogens with one attached hydrogen (secondary N) is 1. The SMILES string of the molecule is CCOc1ccc2nc(NC(=O)CSc3nnc(CC)n3C)sc2c1. The van der Waals surface area contributed by atoms with Gasteiger partial charge in [-0.1, -0.05) is 30.0 Å². The highest BCUT2D eigenvalue weighted by Gasteiger charge is 2.12. The molecule has 0 saturated heterocycles. The summed E-state index contributed by atoms with van der Waals surface area (Å²) in [5.41, 5.74) is 0.845. The fourth-order valence-corrected chi connectivity index (χ4v) is 3.92. The lowest BCUT2D eigenvalue weighted by molar-refractivity contribution is -0.113. The van der Waals surface area contributed by atoms with Gasteiger partial charge in [0.15, 0.2) is 10.3 Å². The predicted octanol–water partition coefficient (Wildman–Crippen LogP) is 3.12. The lowest BCUT2D eigenvalue weighted by atomic mass is 10.3. The molecule has 3 aromatic rings. The molecule has 1 amide bonds. The quantitative estimate of drug-likeness (QED) is 0.637. The van der Waals surface area contributed by atoms with Crippen LogP contribution in [0.25, 0.3) is 10.2 Å². The largest absolute Gasteiger partial charge is 0.494 e. The first kappa shape index (κ1) is 17.7. The number of thiazole rings is 1. The number of nitrogens with zero attached hydrogens (tertiary/aromatic N) is 4. The van der Waals surface area contributed by atoms with Crippen molar-refractivity contribution >= 4 is 44.4 Å². The van der Waals surface area contributed by atoms with Crippen molar-refractivity contribution in [1.82, 2.24) is 19.7 Å². The van der Waals surface area contributed by atoms with Crippen LogP contribution in [0.1, 0.15) is 19.7 Å². The maximum atomic E-state index is 12.2. The molecule has 0 atom stereocenters. The lowest BCUT2D eigenvalue weighted by Gasteiger charge is -2.02. The van der Waals surface area contributed by atoms with E-state index in [-0.39, 0.29) is 11.7 Å². The molecule has 0 aliphatic carbocycles. The summed E-state index contributed by atoms with van der Waals surface area (Å²) >= 11 is 2.79. The van der Waals surface area contributed by atoms with Crippen LogP contribution in [0.5, 0.6) is 5.75 Å². The number of anilines is 1. The minimum atomic E-state index is -0.116. The van der Waals surface area contributed by atoms with E-state index < -0.39 is 0 Å². The van der Waals surface area contributed by atoms with Gasteiger partial charge in [-0.25, -0.2) is 4.98 Å². The zero-order valence-corrected chi connectivity index (χ0v) is 15.9. The molecule has 3 rings (SSSR count). The van der Waals surface area contributed by atoms with E-state index in [1.54, 1.807) is 0 Å². The molecule has 1 N–H and O–H groups in total. The number of aryl methyl sites for hydroxylation is 1. The molecule has 0 radical (unpaired) electrons. The van der Waals surface area contributed by atoms with Crippen molar-refractivity contribution in [3.8, 4) is 5.75 Å². The van der Waals surface area contributed by atoms with E-state index in [2.05, 4.69) is 20.5 Å². The molecule has 7 nitrogen and oxygen atoms in total. The zero-order chi connectivity index (χ0) is 17.8. The van der Waals surface area contributed by atoms with E-state index in [4.69, 9.17) is 4.74 Å². The van der Waals surface area contributed by atoms with Crippen molar-refractivity contribution in [3.05, 3.63) is 24.0 Å². The van der Waals surface area contributed by atoms with Crippen LogP contribution in [0, 0.1) is 0 Å². The van der Waals surface area contributed by atoms with Crippen molar-refractivity contribution in [2.24, 2.45) is 7.05 Å². The van der Waals surface area contributed by atoms with E-state index >= 15 is 0 Å². The van der Waals surface area contributed by atoms with Crippen molar-refractivity contribution in [2.75, 3.05) is 17.7 Å². The van der Waals surface area contributed by atoms with Crippen LogP contribution < -0.4 is 10.1 Å². The molecule has 2 heterocycles. The van der Waals surface area contributed by atoms with E-state index in [1.807, 2.05) is 43.7 Å². The number of benzene rings is 1. The molecule has 0 spiro atoms. The Morgan fingerprint density at radius 1 is 1.36 bits per heavy atom. The monoisotopic (exact) mass is 377 g/mol. The van der Waals surface area contributed by atoms with Crippen molar-refractivity contribution in [2.45, 2.75) is 25.4 Å². The first-order valence-electron chi connectivity index (χ1n) is 7.95. The van der Waals surface area contributed by atoms with E-state index in [1.165, 1.54) is 23.1 Å². The maximum absolute atomic E-state index is 12.2. The van der Waals surface area contributed by atoms with Gasteiger partial charge in [-0.05, 0) is 25.1 Å². The van der Waals surface area contributed by atoms with Gasteiger partial charge in [-0.2, -0.15) is 0 Å². The van der Waals surface area contributed by atoms with Gasteiger partial charge in [0.05, 0.1) is 22.6 Å². The number of amides is 1. The predicted molar refractivity (Wildman–Crippen MR) is 101 cm³/mol. The molecule has 9 heteroatoms. The van der Waals surface area contributed by atoms with Gasteiger partial charge < -0.3 is 14.6 Å². The Morgan fingerprint density at radius 3 is 2.92 bits per heavy atom. The third kappa shape index (κ3) is 4.10. The molecule has 0 fully saturated rings. The molecule has 0 aliphatic heterocycles. The topological polar surface area (TPSA) is 81.9 Å². The molecular weight excluding hydrogens is 358 g/mol.